The molecule has 0 fully saturated rings. The quantitative estimate of drug-likeness (QED) is 0.0654. The molecule has 206 valence electrons. The Labute approximate surface area is 243 Å². The van der Waals surface area contributed by atoms with E-state index in [1.54, 1.807) is 0 Å². The van der Waals surface area contributed by atoms with Crippen LogP contribution in [0.1, 0.15) is 144 Å². The molecule has 0 aromatic heterocycles. The van der Waals surface area contributed by atoms with Gasteiger partial charge in [-0.25, -0.2) is 0 Å². The number of hydrogen-bond acceptors (Lipinski definition) is 2. The van der Waals surface area contributed by atoms with Crippen molar-refractivity contribution in [3.8, 4) is 0 Å². The number of quaternary nitrogens is 1. The summed E-state index contributed by atoms with van der Waals surface area (Å²) in [5, 5.41) is 0. The van der Waals surface area contributed by atoms with Crippen LogP contribution in [0.25, 0.3) is 0 Å². The average molecular weight is 539 g/mol. The van der Waals surface area contributed by atoms with Crippen molar-refractivity contribution >= 4 is 52.1 Å². The Morgan fingerprint density at radius 2 is 0.765 bits per heavy atom. The van der Waals surface area contributed by atoms with Crippen molar-refractivity contribution in [2.75, 3.05) is 31.9 Å². The fourth-order valence-electron chi connectivity index (χ4n) is 4.24. The van der Waals surface area contributed by atoms with Gasteiger partial charge in [-0.1, -0.05) is 112 Å². The van der Waals surface area contributed by atoms with Crippen LogP contribution in [0, 0.1) is 0 Å². The number of unbranched alkanes of at least 4 members (excludes halogenated alkanes) is 12. The number of rotatable bonds is 22. The minimum atomic E-state index is -3.73. The summed E-state index contributed by atoms with van der Waals surface area (Å²) in [7, 11) is -3.73. The van der Waals surface area contributed by atoms with Gasteiger partial charge in [0.1, 0.15) is 0 Å². The standard InChI is InChI=1S/C16H36N.C11H24O3S.ClH.Na.H/c1-5-9-13-17(14-10-6-2,15-11-7-3)16-12-8-4;1-2-3-4-5-6-7-8-9-10-11-15(12,13)14;;;/h5-16H2,1-4H3;2-11H2,1H3,(H,12,13,14);1H;;/q+1;;;;. The van der Waals surface area contributed by atoms with Crippen LogP contribution in [0.3, 0.4) is 0 Å². The Bertz CT molecular complexity index is 441. The van der Waals surface area contributed by atoms with E-state index in [1.165, 1.54) is 121 Å². The summed E-state index contributed by atoms with van der Waals surface area (Å²) in [6, 6.07) is 0. The third kappa shape index (κ3) is 31.2. The van der Waals surface area contributed by atoms with Gasteiger partial charge in [0, 0.05) is 0 Å². The van der Waals surface area contributed by atoms with Gasteiger partial charge < -0.3 is 4.48 Å². The number of halogens is 1. The Morgan fingerprint density at radius 1 is 0.500 bits per heavy atom. The van der Waals surface area contributed by atoms with Gasteiger partial charge in [-0.3, -0.25) is 4.55 Å². The van der Waals surface area contributed by atoms with Gasteiger partial charge in [0.15, 0.2) is 0 Å². The second kappa shape index (κ2) is 30.4. The van der Waals surface area contributed by atoms with Gasteiger partial charge in [-0.15, -0.1) is 12.4 Å². The summed E-state index contributed by atoms with van der Waals surface area (Å²) in [6.07, 6.45) is 21.3. The summed E-state index contributed by atoms with van der Waals surface area (Å²) >= 11 is 0. The summed E-state index contributed by atoms with van der Waals surface area (Å²) in [4.78, 5) is 0. The average Bonchev–Trinajstić information content (AvgIpc) is 2.77. The molecule has 0 amide bonds. The van der Waals surface area contributed by atoms with Gasteiger partial charge in [-0.2, -0.15) is 8.42 Å². The first-order chi connectivity index (χ1) is 15.3. The van der Waals surface area contributed by atoms with Gasteiger partial charge in [0.25, 0.3) is 10.1 Å². The first-order valence-corrected chi connectivity index (χ1v) is 15.7. The van der Waals surface area contributed by atoms with Crippen LogP contribution in [0.5, 0.6) is 0 Å². The molecule has 0 aliphatic heterocycles. The van der Waals surface area contributed by atoms with Crippen LogP contribution >= 0.6 is 12.4 Å². The van der Waals surface area contributed by atoms with Crippen LogP contribution in [0.4, 0.5) is 0 Å². The molecule has 0 aromatic rings. The van der Waals surface area contributed by atoms with Gasteiger partial charge in [-0.05, 0) is 32.1 Å². The molecule has 7 heteroatoms. The first kappa shape index (κ1) is 42.3. The van der Waals surface area contributed by atoms with E-state index < -0.39 is 10.1 Å². The zero-order chi connectivity index (χ0) is 24.6. The van der Waals surface area contributed by atoms with Crippen LogP contribution in [0.2, 0.25) is 0 Å². The Balaban J connectivity index is -0.000000252. The molecular weight excluding hydrogens is 477 g/mol. The molecular formula is C27H62ClNNaO3S+. The fourth-order valence-corrected chi connectivity index (χ4v) is 4.81. The molecule has 0 saturated heterocycles. The second-order valence-corrected chi connectivity index (χ2v) is 11.3. The Hall–Kier alpha value is 1.16. The molecule has 1 N–H and O–H groups in total. The second-order valence-electron chi connectivity index (χ2n) is 9.76. The predicted octanol–water partition coefficient (Wildman–Crippen LogP) is 8.18. The van der Waals surface area contributed by atoms with E-state index in [9.17, 15) is 8.42 Å². The molecule has 0 radical (unpaired) electrons. The maximum atomic E-state index is 10.4. The molecule has 0 aliphatic rings. The van der Waals surface area contributed by atoms with Gasteiger partial charge >= 0.3 is 29.6 Å². The maximum absolute atomic E-state index is 10.4. The van der Waals surface area contributed by atoms with E-state index in [2.05, 4.69) is 34.6 Å². The van der Waals surface area contributed by atoms with Crippen molar-refractivity contribution in [1.82, 2.24) is 0 Å². The third-order valence-electron chi connectivity index (χ3n) is 6.45. The number of hydrogen-bond donors (Lipinski definition) is 1. The van der Waals surface area contributed by atoms with Crippen molar-refractivity contribution < 1.29 is 17.5 Å². The molecule has 34 heavy (non-hydrogen) atoms. The van der Waals surface area contributed by atoms with Crippen molar-refractivity contribution in [3.63, 3.8) is 0 Å². The Kier molecular flexibility index (Phi) is 37.8. The van der Waals surface area contributed by atoms with Crippen LogP contribution in [-0.4, -0.2) is 78.9 Å². The molecule has 0 spiro atoms. The molecule has 0 saturated carbocycles. The zero-order valence-corrected chi connectivity index (χ0v) is 24.7. The molecule has 0 aliphatic carbocycles. The molecule has 0 unspecified atom stereocenters. The van der Waals surface area contributed by atoms with E-state index in [1.807, 2.05) is 0 Å². The summed E-state index contributed by atoms with van der Waals surface area (Å²) in [5.74, 6) is -0.0805. The summed E-state index contributed by atoms with van der Waals surface area (Å²) in [5.41, 5.74) is 0. The van der Waals surface area contributed by atoms with E-state index in [0.29, 0.717) is 6.42 Å². The fraction of sp³-hybridized carbons (Fsp3) is 1.00. The van der Waals surface area contributed by atoms with Crippen molar-refractivity contribution in [2.24, 2.45) is 0 Å². The van der Waals surface area contributed by atoms with Gasteiger partial charge in [0.05, 0.1) is 31.9 Å². The SMILES string of the molecule is CCCCCCCCCCCS(=O)(=O)O.CCCC[N+](CCCC)(CCCC)CCCC.Cl.[NaH]. The van der Waals surface area contributed by atoms with Crippen molar-refractivity contribution in [3.05, 3.63) is 0 Å². The molecule has 0 atom stereocenters. The Morgan fingerprint density at radius 3 is 1.03 bits per heavy atom. The van der Waals surface area contributed by atoms with E-state index >= 15 is 0 Å². The number of nitrogens with zero attached hydrogens (tertiary/aromatic N) is 1. The monoisotopic (exact) mass is 538 g/mol. The molecule has 0 heterocycles. The molecule has 4 nitrogen and oxygen atoms in total. The van der Waals surface area contributed by atoms with E-state index in [4.69, 9.17) is 4.55 Å². The zero-order valence-electron chi connectivity index (χ0n) is 23.1. The van der Waals surface area contributed by atoms with E-state index in [0.717, 1.165) is 12.8 Å². The molecule has 0 bridgehead atoms. The van der Waals surface area contributed by atoms with Crippen LogP contribution < -0.4 is 0 Å². The van der Waals surface area contributed by atoms with Crippen LogP contribution in [0.15, 0.2) is 0 Å². The predicted molar refractivity (Wildman–Crippen MR) is 157 cm³/mol. The van der Waals surface area contributed by atoms with Crippen LogP contribution in [-0.2, 0) is 10.1 Å². The molecule has 0 aromatic carbocycles. The van der Waals surface area contributed by atoms with Crippen molar-refractivity contribution in [1.29, 1.82) is 0 Å². The normalized spacial score (nSPS) is 11.2. The summed E-state index contributed by atoms with van der Waals surface area (Å²) < 4.78 is 30.7. The topological polar surface area (TPSA) is 54.4 Å². The van der Waals surface area contributed by atoms with E-state index in [-0.39, 0.29) is 47.7 Å². The van der Waals surface area contributed by atoms with Gasteiger partial charge in [0.2, 0.25) is 0 Å². The summed E-state index contributed by atoms with van der Waals surface area (Å²) in [6.45, 7) is 17.2. The third-order valence-corrected chi connectivity index (χ3v) is 7.25. The minimum absolute atomic E-state index is 0. The first-order valence-electron chi connectivity index (χ1n) is 14.1. The van der Waals surface area contributed by atoms with Crippen molar-refractivity contribution in [2.45, 2.75) is 144 Å². The molecule has 0 rings (SSSR count).